The number of benzene rings is 1. The van der Waals surface area contributed by atoms with Crippen molar-refractivity contribution in [3.63, 3.8) is 0 Å². The molecule has 22 heavy (non-hydrogen) atoms. The van der Waals surface area contributed by atoms with Crippen molar-refractivity contribution in [2.45, 2.75) is 25.9 Å². The molecule has 2 aliphatic heterocycles. The zero-order valence-electron chi connectivity index (χ0n) is 12.6. The Balaban J connectivity index is 1.72. The lowest BCUT2D eigenvalue weighted by atomic mass is 10.1. The minimum Gasteiger partial charge on any atom is -0.350 e. The average Bonchev–Trinajstić information content (AvgIpc) is 2.77. The maximum absolute atomic E-state index is 12.2. The molecule has 1 aromatic heterocycles. The van der Waals surface area contributed by atoms with Gasteiger partial charge in [-0.05, 0) is 25.0 Å². The molecule has 3 heterocycles. The van der Waals surface area contributed by atoms with Gasteiger partial charge in [0, 0.05) is 26.2 Å². The number of imidazole rings is 1. The van der Waals surface area contributed by atoms with Crippen molar-refractivity contribution in [3.05, 3.63) is 41.7 Å². The Bertz CT molecular complexity index is 751. The standard InChI is InChI=1S/C17H20N4O/c1-12-5-8-20(9-6-12)11-15-19-14-4-2-3-13-16(14)21(15)10-7-18-17(13)22/h2-4H,1,5-11H2,(H,18,22). The molecule has 0 atom stereocenters. The van der Waals surface area contributed by atoms with E-state index in [1.165, 1.54) is 5.57 Å². The number of hydrogen-bond donors (Lipinski definition) is 1. The van der Waals surface area contributed by atoms with E-state index in [0.29, 0.717) is 6.54 Å². The van der Waals surface area contributed by atoms with Gasteiger partial charge in [-0.2, -0.15) is 0 Å². The minimum atomic E-state index is 0.00470. The van der Waals surface area contributed by atoms with Crippen LogP contribution in [0.25, 0.3) is 11.0 Å². The number of hydrogen-bond acceptors (Lipinski definition) is 3. The van der Waals surface area contributed by atoms with Crippen LogP contribution in [0.1, 0.15) is 29.0 Å². The Morgan fingerprint density at radius 1 is 1.23 bits per heavy atom. The van der Waals surface area contributed by atoms with Crippen LogP contribution in [-0.2, 0) is 13.1 Å². The maximum atomic E-state index is 12.2. The zero-order chi connectivity index (χ0) is 15.1. The van der Waals surface area contributed by atoms with Gasteiger partial charge < -0.3 is 9.88 Å². The Kier molecular flexibility index (Phi) is 3.22. The van der Waals surface area contributed by atoms with Gasteiger partial charge in [0.1, 0.15) is 5.82 Å². The first-order valence-corrected chi connectivity index (χ1v) is 7.88. The molecule has 2 aromatic rings. The number of nitrogens with zero attached hydrogens (tertiary/aromatic N) is 3. The summed E-state index contributed by atoms with van der Waals surface area (Å²) in [7, 11) is 0. The van der Waals surface area contributed by atoms with Crippen LogP contribution in [0.15, 0.2) is 30.4 Å². The van der Waals surface area contributed by atoms with E-state index < -0.39 is 0 Å². The monoisotopic (exact) mass is 296 g/mol. The summed E-state index contributed by atoms with van der Waals surface area (Å²) in [4.78, 5) is 19.4. The lowest BCUT2D eigenvalue weighted by Crippen LogP contribution is -2.31. The third-order valence-electron chi connectivity index (χ3n) is 4.64. The molecule has 1 N–H and O–H groups in total. The SMILES string of the molecule is C=C1CCN(Cc2nc3cccc4c3n2CCNC4=O)CC1. The van der Waals surface area contributed by atoms with E-state index in [9.17, 15) is 4.79 Å². The highest BCUT2D eigenvalue weighted by Gasteiger charge is 2.22. The fraction of sp³-hybridized carbons (Fsp3) is 0.412. The predicted molar refractivity (Wildman–Crippen MR) is 85.7 cm³/mol. The van der Waals surface area contributed by atoms with Gasteiger partial charge in [0.2, 0.25) is 0 Å². The van der Waals surface area contributed by atoms with E-state index in [2.05, 4.69) is 21.4 Å². The van der Waals surface area contributed by atoms with Gasteiger partial charge in [-0.1, -0.05) is 18.2 Å². The van der Waals surface area contributed by atoms with Gasteiger partial charge in [0.25, 0.3) is 5.91 Å². The van der Waals surface area contributed by atoms with Crippen molar-refractivity contribution in [2.24, 2.45) is 0 Å². The topological polar surface area (TPSA) is 50.2 Å². The van der Waals surface area contributed by atoms with E-state index in [-0.39, 0.29) is 5.91 Å². The Morgan fingerprint density at radius 2 is 2.05 bits per heavy atom. The summed E-state index contributed by atoms with van der Waals surface area (Å²) in [5.41, 5.74) is 3.99. The number of amides is 1. The molecule has 4 rings (SSSR count). The quantitative estimate of drug-likeness (QED) is 0.862. The molecule has 0 saturated carbocycles. The van der Waals surface area contributed by atoms with Crippen LogP contribution in [0, 0.1) is 0 Å². The summed E-state index contributed by atoms with van der Waals surface area (Å²) < 4.78 is 2.21. The number of carbonyl (C=O) groups excluding carboxylic acids is 1. The number of carbonyl (C=O) groups is 1. The number of piperidine rings is 1. The molecule has 0 aliphatic carbocycles. The molecule has 2 aliphatic rings. The number of nitrogens with one attached hydrogen (secondary N) is 1. The normalized spacial score (nSPS) is 19.3. The molecular formula is C17H20N4O. The van der Waals surface area contributed by atoms with Crippen LogP contribution in [0.5, 0.6) is 0 Å². The molecular weight excluding hydrogens is 276 g/mol. The van der Waals surface area contributed by atoms with Gasteiger partial charge in [0.05, 0.1) is 23.1 Å². The molecule has 1 saturated heterocycles. The third-order valence-corrected chi connectivity index (χ3v) is 4.64. The first-order valence-electron chi connectivity index (χ1n) is 7.88. The zero-order valence-corrected chi connectivity index (χ0v) is 12.6. The molecule has 0 unspecified atom stereocenters. The summed E-state index contributed by atoms with van der Waals surface area (Å²) in [6.45, 7) is 8.45. The lowest BCUT2D eigenvalue weighted by molar-refractivity contribution is 0.0956. The maximum Gasteiger partial charge on any atom is 0.253 e. The van der Waals surface area contributed by atoms with Gasteiger partial charge >= 0.3 is 0 Å². The van der Waals surface area contributed by atoms with Gasteiger partial charge in [-0.25, -0.2) is 4.98 Å². The van der Waals surface area contributed by atoms with E-state index in [0.717, 1.165) is 61.4 Å². The van der Waals surface area contributed by atoms with Gasteiger partial charge in [0.15, 0.2) is 0 Å². The summed E-state index contributed by atoms with van der Waals surface area (Å²) in [6.07, 6.45) is 2.15. The Labute approximate surface area is 129 Å². The van der Waals surface area contributed by atoms with Crippen molar-refractivity contribution in [1.29, 1.82) is 0 Å². The Hall–Kier alpha value is -2.14. The van der Waals surface area contributed by atoms with Crippen LogP contribution in [0.3, 0.4) is 0 Å². The number of para-hydroxylation sites is 1. The highest BCUT2D eigenvalue weighted by molar-refractivity contribution is 6.05. The summed E-state index contributed by atoms with van der Waals surface area (Å²) >= 11 is 0. The number of likely N-dealkylation sites (tertiary alicyclic amines) is 1. The molecule has 5 heteroatoms. The molecule has 114 valence electrons. The molecule has 0 spiro atoms. The fourth-order valence-corrected chi connectivity index (χ4v) is 3.38. The van der Waals surface area contributed by atoms with Crippen LogP contribution in [-0.4, -0.2) is 40.0 Å². The van der Waals surface area contributed by atoms with Crippen LogP contribution in [0.2, 0.25) is 0 Å². The van der Waals surface area contributed by atoms with Crippen molar-refractivity contribution in [3.8, 4) is 0 Å². The molecule has 0 bridgehead atoms. The largest absolute Gasteiger partial charge is 0.350 e. The molecule has 0 radical (unpaired) electrons. The van der Waals surface area contributed by atoms with Crippen LogP contribution < -0.4 is 5.32 Å². The van der Waals surface area contributed by atoms with Crippen LogP contribution in [0.4, 0.5) is 0 Å². The molecule has 1 fully saturated rings. The highest BCUT2D eigenvalue weighted by Crippen LogP contribution is 2.24. The van der Waals surface area contributed by atoms with E-state index >= 15 is 0 Å². The van der Waals surface area contributed by atoms with Gasteiger partial charge in [-0.15, -0.1) is 0 Å². The van der Waals surface area contributed by atoms with Crippen molar-refractivity contribution >= 4 is 16.9 Å². The number of rotatable bonds is 2. The predicted octanol–water partition coefficient (Wildman–Crippen LogP) is 1.93. The summed E-state index contributed by atoms with van der Waals surface area (Å²) in [5.74, 6) is 1.07. The van der Waals surface area contributed by atoms with E-state index in [1.807, 2.05) is 18.2 Å². The van der Waals surface area contributed by atoms with Crippen molar-refractivity contribution in [2.75, 3.05) is 19.6 Å². The first kappa shape index (κ1) is 13.5. The lowest BCUT2D eigenvalue weighted by Gasteiger charge is -2.27. The van der Waals surface area contributed by atoms with Crippen molar-refractivity contribution < 1.29 is 4.79 Å². The average molecular weight is 296 g/mol. The second kappa shape index (κ2) is 5.25. The first-order chi connectivity index (χ1) is 10.7. The smallest absolute Gasteiger partial charge is 0.253 e. The minimum absolute atomic E-state index is 0.00470. The second-order valence-corrected chi connectivity index (χ2v) is 6.14. The van der Waals surface area contributed by atoms with E-state index in [1.54, 1.807) is 0 Å². The Morgan fingerprint density at radius 3 is 2.86 bits per heavy atom. The molecule has 1 aromatic carbocycles. The van der Waals surface area contributed by atoms with E-state index in [4.69, 9.17) is 4.98 Å². The molecule has 5 nitrogen and oxygen atoms in total. The molecule has 1 amide bonds. The third kappa shape index (κ3) is 2.22. The summed E-state index contributed by atoms with van der Waals surface area (Å²) in [6, 6.07) is 5.79. The summed E-state index contributed by atoms with van der Waals surface area (Å²) in [5, 5.41) is 2.96. The highest BCUT2D eigenvalue weighted by atomic mass is 16.1. The van der Waals surface area contributed by atoms with Gasteiger partial charge in [-0.3, -0.25) is 9.69 Å². The van der Waals surface area contributed by atoms with Crippen LogP contribution >= 0.6 is 0 Å². The fourth-order valence-electron chi connectivity index (χ4n) is 3.38. The van der Waals surface area contributed by atoms with Crippen molar-refractivity contribution in [1.82, 2.24) is 19.8 Å². The number of aromatic nitrogens is 2. The second-order valence-electron chi connectivity index (χ2n) is 6.14.